The van der Waals surface area contributed by atoms with E-state index >= 15 is 0 Å². The normalized spacial score (nSPS) is 18.8. The third-order valence-electron chi connectivity index (χ3n) is 4.93. The van der Waals surface area contributed by atoms with Crippen LogP contribution in [0, 0.1) is 17.9 Å². The summed E-state index contributed by atoms with van der Waals surface area (Å²) >= 11 is 0. The van der Waals surface area contributed by atoms with Crippen LogP contribution in [0.2, 0.25) is 0 Å². The Bertz CT molecular complexity index is 967. The van der Waals surface area contributed by atoms with Gasteiger partial charge in [-0.15, -0.1) is 4.98 Å². The Hall–Kier alpha value is -3.50. The van der Waals surface area contributed by atoms with Crippen LogP contribution < -0.4 is 0 Å². The molecule has 24 heavy (non-hydrogen) atoms. The van der Waals surface area contributed by atoms with Crippen LogP contribution in [0.25, 0.3) is 4.85 Å². The molecular formula is C20H10N4. The third-order valence-corrected chi connectivity index (χ3v) is 4.93. The fourth-order valence-corrected chi connectivity index (χ4v) is 4.03. The summed E-state index contributed by atoms with van der Waals surface area (Å²) in [4.78, 5) is 12.5. The molecule has 2 aromatic carbocycles. The number of aromatic nitrogens is 2. The second-order valence-electron chi connectivity index (χ2n) is 6.01. The maximum Gasteiger partial charge on any atom is 0.306 e. The molecule has 0 saturated carbocycles. The molecule has 4 heteroatoms. The molecule has 3 aliphatic rings. The number of hydrogen-bond donors (Lipinski definition) is 0. The maximum atomic E-state index is 9.32. The summed E-state index contributed by atoms with van der Waals surface area (Å²) in [6.45, 7) is 7.30. The number of nitriles is 1. The first kappa shape index (κ1) is 13.0. The molecule has 0 amide bonds. The average molecular weight is 306 g/mol. The zero-order chi connectivity index (χ0) is 16.3. The molecule has 3 aromatic rings. The van der Waals surface area contributed by atoms with Crippen LogP contribution in [-0.4, -0.2) is 9.97 Å². The SMILES string of the molecule is [C-]#[N+]c1nc2c(nc1C#N)C1c3ccccc3C2c2ccccc21. The van der Waals surface area contributed by atoms with E-state index in [0.29, 0.717) is 0 Å². The summed E-state index contributed by atoms with van der Waals surface area (Å²) in [5.41, 5.74) is 6.66. The van der Waals surface area contributed by atoms with E-state index in [0.717, 1.165) is 11.4 Å². The zero-order valence-electron chi connectivity index (χ0n) is 12.6. The lowest BCUT2D eigenvalue weighted by molar-refractivity contribution is 0.701. The molecule has 6 rings (SSSR count). The molecule has 3 aliphatic carbocycles. The summed E-state index contributed by atoms with van der Waals surface area (Å²) in [7, 11) is 0. The van der Waals surface area contributed by atoms with E-state index < -0.39 is 0 Å². The van der Waals surface area contributed by atoms with E-state index in [4.69, 9.17) is 6.57 Å². The van der Waals surface area contributed by atoms with E-state index in [1.807, 2.05) is 30.3 Å². The Balaban J connectivity index is 1.90. The van der Waals surface area contributed by atoms with Crippen LogP contribution in [0.3, 0.4) is 0 Å². The van der Waals surface area contributed by atoms with Gasteiger partial charge in [-0.05, 0) is 22.3 Å². The summed E-state index contributed by atoms with van der Waals surface area (Å²) in [6.07, 6.45) is 0. The summed E-state index contributed by atoms with van der Waals surface area (Å²) in [5.74, 6) is 0.0636. The minimum absolute atomic E-state index is 0.0156. The highest BCUT2D eigenvalue weighted by Crippen LogP contribution is 2.54. The molecule has 0 N–H and O–H groups in total. The van der Waals surface area contributed by atoms with Gasteiger partial charge in [-0.2, -0.15) is 5.26 Å². The lowest BCUT2D eigenvalue weighted by atomic mass is 9.64. The molecule has 2 bridgehead atoms. The van der Waals surface area contributed by atoms with Gasteiger partial charge in [-0.25, -0.2) is 4.98 Å². The fraction of sp³-hybridized carbons (Fsp3) is 0.100. The van der Waals surface area contributed by atoms with Gasteiger partial charge in [0, 0.05) is 0 Å². The zero-order valence-corrected chi connectivity index (χ0v) is 12.6. The molecule has 0 radical (unpaired) electrons. The van der Waals surface area contributed by atoms with E-state index in [1.54, 1.807) is 0 Å². The maximum absolute atomic E-state index is 9.32. The van der Waals surface area contributed by atoms with Crippen molar-refractivity contribution in [2.75, 3.05) is 0 Å². The van der Waals surface area contributed by atoms with Crippen LogP contribution in [0.4, 0.5) is 5.82 Å². The molecule has 0 fully saturated rings. The van der Waals surface area contributed by atoms with Crippen LogP contribution in [0.5, 0.6) is 0 Å². The predicted molar refractivity (Wildman–Crippen MR) is 87.8 cm³/mol. The monoisotopic (exact) mass is 306 g/mol. The molecule has 1 heterocycles. The number of nitrogens with zero attached hydrogens (tertiary/aromatic N) is 4. The van der Waals surface area contributed by atoms with Gasteiger partial charge >= 0.3 is 5.82 Å². The van der Waals surface area contributed by atoms with Crippen molar-refractivity contribution in [3.8, 4) is 6.07 Å². The highest BCUT2D eigenvalue weighted by molar-refractivity contribution is 5.66. The van der Waals surface area contributed by atoms with E-state index in [2.05, 4.69) is 39.1 Å². The van der Waals surface area contributed by atoms with E-state index in [9.17, 15) is 5.26 Å². The van der Waals surface area contributed by atoms with Gasteiger partial charge < -0.3 is 4.85 Å². The van der Waals surface area contributed by atoms with Crippen LogP contribution in [-0.2, 0) is 0 Å². The van der Waals surface area contributed by atoms with Gasteiger partial charge in [0.2, 0.25) is 0 Å². The molecule has 0 saturated heterocycles. The Morgan fingerprint density at radius 3 is 1.71 bits per heavy atom. The van der Waals surface area contributed by atoms with Crippen molar-refractivity contribution in [2.45, 2.75) is 11.8 Å². The van der Waals surface area contributed by atoms with Crippen molar-refractivity contribution in [3.63, 3.8) is 0 Å². The van der Waals surface area contributed by atoms with Crippen molar-refractivity contribution in [3.05, 3.63) is 99.3 Å². The predicted octanol–water partition coefficient (Wildman–Crippen LogP) is 3.89. The van der Waals surface area contributed by atoms with Crippen molar-refractivity contribution in [2.24, 2.45) is 0 Å². The highest BCUT2D eigenvalue weighted by atomic mass is 15.0. The molecule has 0 atom stereocenters. The molecule has 0 aliphatic heterocycles. The Kier molecular flexibility index (Phi) is 2.44. The Morgan fingerprint density at radius 1 is 0.833 bits per heavy atom. The smallest absolute Gasteiger partial charge is 0.306 e. The minimum Gasteiger partial charge on any atom is -0.358 e. The average Bonchev–Trinajstić information content (AvgIpc) is 2.66. The van der Waals surface area contributed by atoms with Crippen LogP contribution in [0.1, 0.15) is 51.2 Å². The topological polar surface area (TPSA) is 53.9 Å². The minimum atomic E-state index is -0.0169. The van der Waals surface area contributed by atoms with Crippen molar-refractivity contribution in [1.82, 2.24) is 9.97 Å². The standard InChI is InChI=1S/C20H10N4/c1-22-20-15(10-21)23-18-16-11-6-2-4-8-13(11)17(19(18)24-20)14-9-5-3-7-12(14)16/h2-9,16-17H. The van der Waals surface area contributed by atoms with Crippen molar-refractivity contribution >= 4 is 5.82 Å². The number of rotatable bonds is 0. The van der Waals surface area contributed by atoms with Gasteiger partial charge in [0.05, 0.1) is 17.5 Å². The quantitative estimate of drug-likeness (QED) is 0.408. The summed E-state index contributed by atoms with van der Waals surface area (Å²) in [5, 5.41) is 9.32. The van der Waals surface area contributed by atoms with Gasteiger partial charge in [0.25, 0.3) is 0 Å². The van der Waals surface area contributed by atoms with Crippen molar-refractivity contribution in [1.29, 1.82) is 5.26 Å². The second kappa shape index (κ2) is 4.50. The van der Waals surface area contributed by atoms with Gasteiger partial charge in [-0.1, -0.05) is 55.1 Å². The first-order chi connectivity index (χ1) is 11.8. The van der Waals surface area contributed by atoms with E-state index in [-0.39, 0.29) is 23.3 Å². The van der Waals surface area contributed by atoms with Crippen LogP contribution in [0.15, 0.2) is 48.5 Å². The lowest BCUT2D eigenvalue weighted by Gasteiger charge is -2.38. The fourth-order valence-electron chi connectivity index (χ4n) is 4.03. The summed E-state index contributed by atoms with van der Waals surface area (Å²) < 4.78 is 0. The molecule has 110 valence electrons. The first-order valence-electron chi connectivity index (χ1n) is 7.70. The van der Waals surface area contributed by atoms with Gasteiger partial charge in [0.1, 0.15) is 6.07 Å². The molecule has 0 spiro atoms. The number of benzene rings is 2. The Labute approximate surface area is 138 Å². The van der Waals surface area contributed by atoms with E-state index in [1.165, 1.54) is 22.3 Å². The summed E-state index contributed by atoms with van der Waals surface area (Å²) in [6, 6.07) is 18.7. The first-order valence-corrected chi connectivity index (χ1v) is 7.70. The molecule has 4 nitrogen and oxygen atoms in total. The van der Waals surface area contributed by atoms with Gasteiger partial charge in [0.15, 0.2) is 11.4 Å². The van der Waals surface area contributed by atoms with Crippen molar-refractivity contribution < 1.29 is 0 Å². The number of hydrogen-bond acceptors (Lipinski definition) is 3. The van der Waals surface area contributed by atoms with Crippen LogP contribution >= 0.6 is 0 Å². The Morgan fingerprint density at radius 2 is 1.29 bits per heavy atom. The highest BCUT2D eigenvalue weighted by Gasteiger charge is 2.45. The molecule has 0 unspecified atom stereocenters. The largest absolute Gasteiger partial charge is 0.358 e. The lowest BCUT2D eigenvalue weighted by Crippen LogP contribution is -2.29. The molecule has 1 aromatic heterocycles. The molecular weight excluding hydrogens is 296 g/mol. The third kappa shape index (κ3) is 1.45. The second-order valence-corrected chi connectivity index (χ2v) is 6.01. The van der Waals surface area contributed by atoms with Gasteiger partial charge in [-0.3, -0.25) is 0 Å².